The Morgan fingerprint density at radius 3 is 2.57 bits per heavy atom. The minimum atomic E-state index is -0.534. The van der Waals surface area contributed by atoms with E-state index in [0.717, 1.165) is 0 Å². The topological polar surface area (TPSA) is 71.2 Å². The first-order chi connectivity index (χ1) is 13.4. The molecule has 0 radical (unpaired) electrons. The Morgan fingerprint density at radius 2 is 1.89 bits per heavy atom. The fraction of sp³-hybridized carbons (Fsp3) is 0.143. The maximum absolute atomic E-state index is 12.6. The molecule has 7 heteroatoms. The van der Waals surface area contributed by atoms with Crippen molar-refractivity contribution >= 4 is 57.7 Å². The minimum absolute atomic E-state index is 0.216. The molecule has 2 N–H and O–H groups in total. The molecular weight excluding hydrogens is 399 g/mol. The molecule has 3 rings (SSSR count). The van der Waals surface area contributed by atoms with Gasteiger partial charge >= 0.3 is 5.97 Å². The molecule has 0 bridgehead atoms. The Hall–Kier alpha value is -2.76. The lowest BCUT2D eigenvalue weighted by molar-refractivity contribution is -0.112. The molecule has 28 heavy (non-hydrogen) atoms. The minimum Gasteiger partial charge on any atom is -0.461 e. The molecule has 0 aliphatic carbocycles. The number of esters is 1. The predicted octanol–water partition coefficient (Wildman–Crippen LogP) is 5.69. The van der Waals surface area contributed by atoms with Crippen molar-refractivity contribution in [2.45, 2.75) is 13.8 Å². The van der Waals surface area contributed by atoms with E-state index in [1.165, 1.54) is 0 Å². The van der Waals surface area contributed by atoms with Gasteiger partial charge in [0.05, 0.1) is 11.6 Å². The second-order valence-electron chi connectivity index (χ2n) is 6.09. The van der Waals surface area contributed by atoms with Crippen molar-refractivity contribution in [3.05, 3.63) is 69.3 Å². The van der Waals surface area contributed by atoms with Gasteiger partial charge in [0.15, 0.2) is 0 Å². The van der Waals surface area contributed by atoms with Gasteiger partial charge in [-0.2, -0.15) is 0 Å². The number of benzene rings is 2. The Morgan fingerprint density at radius 1 is 1.18 bits per heavy atom. The number of hydrogen-bond donors (Lipinski definition) is 2. The molecule has 1 amide bonds. The number of carbonyl (C=O) groups is 2. The lowest BCUT2D eigenvalue weighted by Crippen LogP contribution is -2.13. The summed E-state index contributed by atoms with van der Waals surface area (Å²) < 4.78 is 5.13. The SMILES string of the molecule is CCOC(=O)c1[nH]c2cc(Cl)cc(Cl)c2c1C=C(C)C(=O)Nc1ccccc1. The number of amides is 1. The van der Waals surface area contributed by atoms with Crippen LogP contribution in [0.4, 0.5) is 5.69 Å². The van der Waals surface area contributed by atoms with E-state index in [2.05, 4.69) is 10.3 Å². The molecule has 0 atom stereocenters. The number of nitrogens with one attached hydrogen (secondary N) is 2. The highest BCUT2D eigenvalue weighted by Crippen LogP contribution is 2.34. The number of anilines is 1. The molecule has 0 unspecified atom stereocenters. The summed E-state index contributed by atoms with van der Waals surface area (Å²) in [6.07, 6.45) is 1.61. The summed E-state index contributed by atoms with van der Waals surface area (Å²) in [4.78, 5) is 28.0. The average Bonchev–Trinajstić information content (AvgIpc) is 3.01. The predicted molar refractivity (Wildman–Crippen MR) is 113 cm³/mol. The van der Waals surface area contributed by atoms with Gasteiger partial charge in [-0.1, -0.05) is 41.4 Å². The quantitative estimate of drug-likeness (QED) is 0.414. The zero-order valence-electron chi connectivity index (χ0n) is 15.3. The van der Waals surface area contributed by atoms with Gasteiger partial charge in [-0.25, -0.2) is 4.79 Å². The smallest absolute Gasteiger partial charge is 0.355 e. The molecule has 3 aromatic rings. The first-order valence-corrected chi connectivity index (χ1v) is 9.38. The molecule has 1 heterocycles. The van der Waals surface area contributed by atoms with Crippen LogP contribution in [0.25, 0.3) is 17.0 Å². The van der Waals surface area contributed by atoms with Gasteiger partial charge in [0.1, 0.15) is 5.69 Å². The largest absolute Gasteiger partial charge is 0.461 e. The standard InChI is InChI=1S/C21H18Cl2N2O3/c1-3-28-21(27)19-15(18-16(23)10-13(22)11-17(18)25-19)9-12(2)20(26)24-14-7-5-4-6-8-14/h4-11,25H,3H2,1-2H3,(H,24,26). The molecule has 0 saturated carbocycles. The van der Waals surface area contributed by atoms with E-state index in [0.29, 0.717) is 37.8 Å². The summed E-state index contributed by atoms with van der Waals surface area (Å²) in [5, 5.41) is 4.22. The second kappa shape index (κ2) is 8.50. The Balaban J connectivity index is 2.07. The van der Waals surface area contributed by atoms with Crippen LogP contribution in [0.1, 0.15) is 29.9 Å². The monoisotopic (exact) mass is 416 g/mol. The van der Waals surface area contributed by atoms with Crippen molar-refractivity contribution in [2.24, 2.45) is 0 Å². The van der Waals surface area contributed by atoms with Crippen LogP contribution in [-0.4, -0.2) is 23.5 Å². The van der Waals surface area contributed by atoms with Crippen molar-refractivity contribution < 1.29 is 14.3 Å². The van der Waals surface area contributed by atoms with Crippen molar-refractivity contribution in [1.29, 1.82) is 0 Å². The maximum Gasteiger partial charge on any atom is 0.355 e. The number of rotatable bonds is 5. The fourth-order valence-corrected chi connectivity index (χ4v) is 3.41. The molecule has 1 aromatic heterocycles. The molecule has 5 nitrogen and oxygen atoms in total. The molecule has 0 spiro atoms. The van der Waals surface area contributed by atoms with Crippen molar-refractivity contribution in [3.63, 3.8) is 0 Å². The number of carbonyl (C=O) groups excluding carboxylic acids is 2. The Bertz CT molecular complexity index is 1070. The first-order valence-electron chi connectivity index (χ1n) is 8.63. The van der Waals surface area contributed by atoms with E-state index in [-0.39, 0.29) is 18.2 Å². The number of hydrogen-bond acceptors (Lipinski definition) is 3. The molecule has 0 saturated heterocycles. The fourth-order valence-electron chi connectivity index (χ4n) is 2.81. The van der Waals surface area contributed by atoms with Crippen LogP contribution in [0, 0.1) is 0 Å². The number of halogens is 2. The first kappa shape index (κ1) is 20.0. The van der Waals surface area contributed by atoms with E-state index >= 15 is 0 Å². The number of ether oxygens (including phenoxy) is 1. The summed E-state index contributed by atoms with van der Waals surface area (Å²) in [5.74, 6) is -0.825. The van der Waals surface area contributed by atoms with Gasteiger partial charge in [0.25, 0.3) is 5.91 Å². The van der Waals surface area contributed by atoms with Crippen molar-refractivity contribution in [3.8, 4) is 0 Å². The van der Waals surface area contributed by atoms with Crippen LogP contribution in [0.3, 0.4) is 0 Å². The molecule has 0 aliphatic rings. The van der Waals surface area contributed by atoms with Crippen LogP contribution in [0.15, 0.2) is 48.0 Å². The Labute approximate surface area is 172 Å². The molecular formula is C21H18Cl2N2O3. The lowest BCUT2D eigenvalue weighted by Gasteiger charge is -2.06. The average molecular weight is 417 g/mol. The Kier molecular flexibility index (Phi) is 6.07. The third-order valence-electron chi connectivity index (χ3n) is 4.08. The highest BCUT2D eigenvalue weighted by Gasteiger charge is 2.21. The van der Waals surface area contributed by atoms with E-state index in [9.17, 15) is 9.59 Å². The van der Waals surface area contributed by atoms with Gasteiger partial charge in [-0.15, -0.1) is 0 Å². The summed E-state index contributed by atoms with van der Waals surface area (Å²) >= 11 is 12.4. The summed E-state index contributed by atoms with van der Waals surface area (Å²) in [6.45, 7) is 3.60. The normalized spacial score (nSPS) is 11.5. The summed E-state index contributed by atoms with van der Waals surface area (Å²) in [5.41, 5.74) is 2.36. The zero-order valence-corrected chi connectivity index (χ0v) is 16.8. The van der Waals surface area contributed by atoms with Gasteiger partial charge in [0, 0.05) is 32.7 Å². The van der Waals surface area contributed by atoms with Crippen LogP contribution in [-0.2, 0) is 9.53 Å². The number of fused-ring (bicyclic) bond motifs is 1. The maximum atomic E-state index is 12.6. The van der Waals surface area contributed by atoms with Gasteiger partial charge in [0.2, 0.25) is 0 Å². The molecule has 0 aliphatic heterocycles. The number of para-hydroxylation sites is 1. The van der Waals surface area contributed by atoms with Crippen LogP contribution in [0.2, 0.25) is 10.0 Å². The van der Waals surface area contributed by atoms with Gasteiger partial charge in [-0.05, 0) is 44.2 Å². The molecule has 0 fully saturated rings. The van der Waals surface area contributed by atoms with E-state index in [1.807, 2.05) is 18.2 Å². The molecule has 144 valence electrons. The molecule has 2 aromatic carbocycles. The van der Waals surface area contributed by atoms with E-state index in [1.54, 1.807) is 44.2 Å². The zero-order chi connectivity index (χ0) is 20.3. The summed E-state index contributed by atoms with van der Waals surface area (Å²) in [7, 11) is 0. The van der Waals surface area contributed by atoms with E-state index in [4.69, 9.17) is 27.9 Å². The second-order valence-corrected chi connectivity index (χ2v) is 6.94. The number of aromatic amines is 1. The van der Waals surface area contributed by atoms with Crippen molar-refractivity contribution in [1.82, 2.24) is 4.98 Å². The van der Waals surface area contributed by atoms with Gasteiger partial charge in [-0.3, -0.25) is 4.79 Å². The van der Waals surface area contributed by atoms with Crippen LogP contribution >= 0.6 is 23.2 Å². The van der Waals surface area contributed by atoms with Crippen molar-refractivity contribution in [2.75, 3.05) is 11.9 Å². The van der Waals surface area contributed by atoms with Crippen LogP contribution in [0.5, 0.6) is 0 Å². The highest BCUT2D eigenvalue weighted by atomic mass is 35.5. The van der Waals surface area contributed by atoms with Crippen LogP contribution < -0.4 is 5.32 Å². The highest BCUT2D eigenvalue weighted by molar-refractivity contribution is 6.39. The van der Waals surface area contributed by atoms with Gasteiger partial charge < -0.3 is 15.0 Å². The third kappa shape index (κ3) is 4.21. The lowest BCUT2D eigenvalue weighted by atomic mass is 10.1. The van der Waals surface area contributed by atoms with E-state index < -0.39 is 5.97 Å². The summed E-state index contributed by atoms with van der Waals surface area (Å²) in [6, 6.07) is 12.4. The number of H-pyrrole nitrogens is 1. The third-order valence-corrected chi connectivity index (χ3v) is 4.60. The number of aromatic nitrogens is 1.